The molecule has 0 aliphatic rings. The summed E-state index contributed by atoms with van der Waals surface area (Å²) >= 11 is 1.67. The summed E-state index contributed by atoms with van der Waals surface area (Å²) in [5.41, 5.74) is 10.7. The van der Waals surface area contributed by atoms with E-state index in [9.17, 15) is 4.79 Å². The van der Waals surface area contributed by atoms with E-state index < -0.39 is 0 Å². The third-order valence-electron chi connectivity index (χ3n) is 4.29. The normalized spacial score (nSPS) is 10.8. The Labute approximate surface area is 154 Å². The predicted molar refractivity (Wildman–Crippen MR) is 108 cm³/mol. The molecule has 0 aliphatic heterocycles. The van der Waals surface area contributed by atoms with Gasteiger partial charge in [-0.3, -0.25) is 9.78 Å². The number of nitrogen functional groups attached to an aromatic ring is 1. The first-order valence-corrected chi connectivity index (χ1v) is 8.85. The maximum atomic E-state index is 11.1. The van der Waals surface area contributed by atoms with Gasteiger partial charge >= 0.3 is 0 Å². The van der Waals surface area contributed by atoms with Crippen LogP contribution in [0.5, 0.6) is 0 Å². The number of carbonyl (C=O) groups excluding carboxylic acids is 1. The van der Waals surface area contributed by atoms with Crippen molar-refractivity contribution in [2.24, 2.45) is 0 Å². The number of pyridine rings is 1. The molecule has 0 atom stereocenters. The van der Waals surface area contributed by atoms with Gasteiger partial charge in [0.1, 0.15) is 0 Å². The molecule has 0 unspecified atom stereocenters. The number of thiophene rings is 1. The Hall–Kier alpha value is -3.31. The third kappa shape index (κ3) is 2.78. The van der Waals surface area contributed by atoms with E-state index in [1.807, 2.05) is 24.3 Å². The number of hydrogen-bond donors (Lipinski definition) is 2. The molecule has 0 saturated heterocycles. The molecule has 3 N–H and O–H groups in total. The second-order valence-electron chi connectivity index (χ2n) is 5.94. The number of aromatic nitrogens is 1. The van der Waals surface area contributed by atoms with Crippen LogP contribution < -0.4 is 5.73 Å². The van der Waals surface area contributed by atoms with Gasteiger partial charge in [0, 0.05) is 56.1 Å². The van der Waals surface area contributed by atoms with Crippen LogP contribution in [0.15, 0.2) is 60.9 Å². The summed E-state index contributed by atoms with van der Waals surface area (Å²) < 4.78 is 1.19. The van der Waals surface area contributed by atoms with Crippen molar-refractivity contribution in [3.63, 3.8) is 0 Å². The van der Waals surface area contributed by atoms with E-state index in [1.54, 1.807) is 23.6 Å². The van der Waals surface area contributed by atoms with Gasteiger partial charge in [0.05, 0.1) is 0 Å². The lowest BCUT2D eigenvalue weighted by Gasteiger charge is -2.11. The van der Waals surface area contributed by atoms with Crippen molar-refractivity contribution < 1.29 is 4.79 Å². The molecule has 0 fully saturated rings. The Kier molecular flexibility index (Phi) is 4.07. The van der Waals surface area contributed by atoms with Crippen molar-refractivity contribution in [2.45, 2.75) is 0 Å². The smallest absolute Gasteiger partial charge is 0.151 e. The van der Waals surface area contributed by atoms with Crippen LogP contribution in [-0.4, -0.2) is 17.5 Å². The number of hydrogen-bond acceptors (Lipinski definition) is 5. The van der Waals surface area contributed by atoms with Crippen LogP contribution in [0.2, 0.25) is 0 Å². The highest BCUT2D eigenvalue weighted by molar-refractivity contribution is 7.22. The largest absolute Gasteiger partial charge is 0.398 e. The molecule has 4 aromatic rings. The number of anilines is 1. The molecule has 0 bridgehead atoms. The number of nitrogens with two attached hydrogens (primary N) is 1. The summed E-state index contributed by atoms with van der Waals surface area (Å²) in [4.78, 5) is 16.2. The predicted octanol–water partition coefficient (Wildman–Crippen LogP) is 5.02. The first-order chi connectivity index (χ1) is 12.7. The third-order valence-corrected chi connectivity index (χ3v) is 5.44. The number of nitrogens with zero attached hydrogens (tertiary/aromatic N) is 1. The lowest BCUT2D eigenvalue weighted by Crippen LogP contribution is -1.97. The lowest BCUT2D eigenvalue weighted by molar-refractivity contribution is 0.112. The highest BCUT2D eigenvalue weighted by Gasteiger charge is 2.13. The zero-order chi connectivity index (χ0) is 18.1. The number of fused-ring (bicyclic) bond motifs is 1. The minimum Gasteiger partial charge on any atom is -0.398 e. The fourth-order valence-corrected chi connectivity index (χ4v) is 4.05. The van der Waals surface area contributed by atoms with Gasteiger partial charge in [0.25, 0.3) is 0 Å². The Balaban J connectivity index is 1.93. The van der Waals surface area contributed by atoms with Gasteiger partial charge in [-0.2, -0.15) is 0 Å². The van der Waals surface area contributed by atoms with Crippen molar-refractivity contribution >= 4 is 39.6 Å². The van der Waals surface area contributed by atoms with E-state index in [4.69, 9.17) is 11.1 Å². The quantitative estimate of drug-likeness (QED) is 0.306. The summed E-state index contributed by atoms with van der Waals surface area (Å²) in [6.45, 7) is 0. The van der Waals surface area contributed by atoms with Gasteiger partial charge < -0.3 is 11.1 Å². The van der Waals surface area contributed by atoms with Gasteiger partial charge in [-0.1, -0.05) is 18.2 Å². The molecule has 0 spiro atoms. The van der Waals surface area contributed by atoms with Crippen LogP contribution in [0, 0.1) is 5.41 Å². The van der Waals surface area contributed by atoms with Gasteiger partial charge in [-0.15, -0.1) is 11.3 Å². The van der Waals surface area contributed by atoms with Crippen molar-refractivity contribution in [1.82, 2.24) is 4.98 Å². The molecule has 2 heterocycles. The van der Waals surface area contributed by atoms with Crippen LogP contribution >= 0.6 is 11.3 Å². The molecule has 2 aromatic carbocycles. The average molecular weight is 357 g/mol. The molecular formula is C21H15N3OS. The number of carbonyl (C=O) groups is 1. The van der Waals surface area contributed by atoms with Gasteiger partial charge in [-0.25, -0.2) is 0 Å². The van der Waals surface area contributed by atoms with E-state index in [-0.39, 0.29) is 0 Å². The monoisotopic (exact) mass is 357 g/mol. The summed E-state index contributed by atoms with van der Waals surface area (Å²) in [5.74, 6) is 0. The van der Waals surface area contributed by atoms with Crippen LogP contribution in [0.25, 0.3) is 31.7 Å². The fourth-order valence-electron chi connectivity index (χ4n) is 2.96. The van der Waals surface area contributed by atoms with E-state index in [0.29, 0.717) is 16.8 Å². The van der Waals surface area contributed by atoms with E-state index >= 15 is 0 Å². The van der Waals surface area contributed by atoms with Gasteiger partial charge in [0.15, 0.2) is 6.29 Å². The molecule has 0 saturated carbocycles. The van der Waals surface area contributed by atoms with Crippen molar-refractivity contribution in [1.29, 1.82) is 5.41 Å². The Morgan fingerprint density at radius 3 is 2.65 bits per heavy atom. The van der Waals surface area contributed by atoms with Crippen LogP contribution in [0.1, 0.15) is 15.9 Å². The average Bonchev–Trinajstić information content (AvgIpc) is 3.12. The second kappa shape index (κ2) is 6.54. The molecule has 4 nitrogen and oxygen atoms in total. The zero-order valence-electron chi connectivity index (χ0n) is 13.8. The van der Waals surface area contributed by atoms with E-state index in [1.165, 1.54) is 22.5 Å². The number of nitrogens with one attached hydrogen (secondary N) is 1. The Morgan fingerprint density at radius 2 is 1.88 bits per heavy atom. The van der Waals surface area contributed by atoms with Crippen molar-refractivity contribution in [3.05, 3.63) is 72.1 Å². The molecule has 0 radical (unpaired) electrons. The van der Waals surface area contributed by atoms with E-state index in [0.717, 1.165) is 27.9 Å². The highest BCUT2D eigenvalue weighted by atomic mass is 32.1. The maximum Gasteiger partial charge on any atom is 0.151 e. The topological polar surface area (TPSA) is 79.8 Å². The standard InChI is InChI=1S/C21H15N3OS/c22-9-16-6-15(17-5-13(12-25)10-24-11-17)7-18(21(16)23)20-8-14-3-1-2-4-19(14)26-20/h1-12,22H,23H2. The minimum absolute atomic E-state index is 0.513. The zero-order valence-corrected chi connectivity index (χ0v) is 14.6. The van der Waals surface area contributed by atoms with Crippen molar-refractivity contribution in [3.8, 4) is 21.6 Å². The number of rotatable bonds is 4. The molecule has 2 aromatic heterocycles. The molecule has 0 amide bonds. The second-order valence-corrected chi connectivity index (χ2v) is 7.03. The van der Waals surface area contributed by atoms with Crippen LogP contribution in [0.4, 0.5) is 5.69 Å². The molecule has 5 heteroatoms. The van der Waals surface area contributed by atoms with Crippen molar-refractivity contribution in [2.75, 3.05) is 5.73 Å². The van der Waals surface area contributed by atoms with Crippen LogP contribution in [0.3, 0.4) is 0 Å². The fraction of sp³-hybridized carbons (Fsp3) is 0. The number of benzene rings is 2. The summed E-state index contributed by atoms with van der Waals surface area (Å²) in [5, 5.41) is 8.88. The summed E-state index contributed by atoms with van der Waals surface area (Å²) in [7, 11) is 0. The Bertz CT molecular complexity index is 1110. The van der Waals surface area contributed by atoms with E-state index in [2.05, 4.69) is 23.2 Å². The Morgan fingerprint density at radius 1 is 1.04 bits per heavy atom. The first-order valence-electron chi connectivity index (χ1n) is 8.03. The highest BCUT2D eigenvalue weighted by Crippen LogP contribution is 2.39. The first kappa shape index (κ1) is 16.2. The van der Waals surface area contributed by atoms with Crippen LogP contribution in [-0.2, 0) is 0 Å². The number of aldehydes is 1. The van der Waals surface area contributed by atoms with Gasteiger partial charge in [0.2, 0.25) is 0 Å². The maximum absolute atomic E-state index is 11.1. The molecular weight excluding hydrogens is 342 g/mol. The SMILES string of the molecule is N=Cc1cc(-c2cncc(C=O)c2)cc(-c2cc3ccccc3s2)c1N. The molecule has 4 rings (SSSR count). The lowest BCUT2D eigenvalue weighted by atomic mass is 9.97. The summed E-state index contributed by atoms with van der Waals surface area (Å²) in [6.07, 6.45) is 5.27. The molecule has 26 heavy (non-hydrogen) atoms. The molecule has 0 aliphatic carbocycles. The van der Waals surface area contributed by atoms with Gasteiger partial charge in [-0.05, 0) is 41.3 Å². The minimum atomic E-state index is 0.513. The molecule has 126 valence electrons. The summed E-state index contributed by atoms with van der Waals surface area (Å²) in [6, 6.07) is 15.9.